The van der Waals surface area contributed by atoms with Crippen molar-refractivity contribution in [3.05, 3.63) is 82.7 Å². The number of aryl methyl sites for hydroxylation is 1. The first kappa shape index (κ1) is 19.0. The maximum absolute atomic E-state index is 13.9. The van der Waals surface area contributed by atoms with Gasteiger partial charge < -0.3 is 5.11 Å². The smallest absolute Gasteiger partial charge is 0.307 e. The van der Waals surface area contributed by atoms with E-state index >= 15 is 0 Å². The Kier molecular flexibility index (Phi) is 4.99. The molecule has 5 nitrogen and oxygen atoms in total. The molecule has 3 N–H and O–H groups in total. The molecule has 0 radical (unpaired) electrons. The summed E-state index contributed by atoms with van der Waals surface area (Å²) in [4.78, 5) is 11.1. The van der Waals surface area contributed by atoms with Crippen molar-refractivity contribution in [2.24, 2.45) is 5.14 Å². The van der Waals surface area contributed by atoms with Crippen LogP contribution in [0.15, 0.2) is 54.6 Å². The molecule has 0 saturated heterocycles. The summed E-state index contributed by atoms with van der Waals surface area (Å²) in [5.41, 5.74) is 2.05. The molecular formula is C20H18FNO4S. The van der Waals surface area contributed by atoms with Crippen LogP contribution in [0, 0.1) is 12.7 Å². The van der Waals surface area contributed by atoms with Crippen LogP contribution in [0.2, 0.25) is 0 Å². The Hall–Kier alpha value is -2.77. The van der Waals surface area contributed by atoms with Crippen molar-refractivity contribution < 1.29 is 22.7 Å². The van der Waals surface area contributed by atoms with Gasteiger partial charge in [-0.05, 0) is 46.5 Å². The van der Waals surface area contributed by atoms with E-state index in [0.29, 0.717) is 21.9 Å². The highest BCUT2D eigenvalue weighted by atomic mass is 32.2. The van der Waals surface area contributed by atoms with Crippen LogP contribution in [-0.4, -0.2) is 19.5 Å². The molecule has 3 aromatic rings. The number of benzene rings is 3. The number of aliphatic carboxylic acids is 1. The third-order valence-corrected chi connectivity index (χ3v) is 5.54. The average molecular weight is 387 g/mol. The zero-order valence-corrected chi connectivity index (χ0v) is 15.3. The van der Waals surface area contributed by atoms with Crippen LogP contribution in [-0.2, 0) is 21.2 Å². The number of nitrogens with two attached hydrogens (primary N) is 1. The van der Waals surface area contributed by atoms with E-state index in [4.69, 9.17) is 10.2 Å². The summed E-state index contributed by atoms with van der Waals surface area (Å²) < 4.78 is 38.8. The number of sulfonamides is 1. The molecule has 3 rings (SSSR count). The lowest BCUT2D eigenvalue weighted by molar-refractivity contribution is -0.136. The number of carbonyl (C=O) groups is 1. The molecule has 0 aromatic heterocycles. The Bertz CT molecular complexity index is 1120. The summed E-state index contributed by atoms with van der Waals surface area (Å²) in [5, 5.41) is 14.3. The van der Waals surface area contributed by atoms with Crippen molar-refractivity contribution >= 4 is 26.8 Å². The molecule has 1 atom stereocenters. The molecule has 0 aliphatic rings. The Morgan fingerprint density at radius 3 is 2.37 bits per heavy atom. The zero-order chi connectivity index (χ0) is 19.8. The van der Waals surface area contributed by atoms with Gasteiger partial charge >= 0.3 is 5.97 Å². The molecular weight excluding hydrogens is 369 g/mol. The molecule has 3 aromatic carbocycles. The number of hydrogen-bond acceptors (Lipinski definition) is 3. The standard InChI is InChI=1S/C20H18FNO4S/c1-12-2-4-14(5-3-12)20(27(22,25)26)18-9-13(10-19(23)24)8-15-6-7-16(21)11-17(15)18/h2-9,11,20H,10H2,1H3,(H,23,24)(H2,22,25,26). The number of fused-ring (bicyclic) bond motifs is 1. The van der Waals surface area contributed by atoms with Crippen molar-refractivity contribution in [1.29, 1.82) is 0 Å². The van der Waals surface area contributed by atoms with Crippen LogP contribution in [0.3, 0.4) is 0 Å². The van der Waals surface area contributed by atoms with Gasteiger partial charge in [-0.3, -0.25) is 4.79 Å². The minimum Gasteiger partial charge on any atom is -0.481 e. The quantitative estimate of drug-likeness (QED) is 0.702. The SMILES string of the molecule is Cc1ccc(C(c2cc(CC(=O)O)cc3ccc(F)cc23)S(N)(=O)=O)cc1. The first-order valence-electron chi connectivity index (χ1n) is 8.17. The van der Waals surface area contributed by atoms with E-state index in [1.54, 1.807) is 30.3 Å². The molecule has 0 bridgehead atoms. The van der Waals surface area contributed by atoms with Gasteiger partial charge in [0.25, 0.3) is 0 Å². The fourth-order valence-corrected chi connectivity index (χ4v) is 4.29. The number of rotatable bonds is 5. The highest BCUT2D eigenvalue weighted by molar-refractivity contribution is 7.89. The van der Waals surface area contributed by atoms with E-state index in [0.717, 1.165) is 5.56 Å². The van der Waals surface area contributed by atoms with Gasteiger partial charge in [-0.1, -0.05) is 48.0 Å². The maximum Gasteiger partial charge on any atom is 0.307 e. The third-order valence-electron chi connectivity index (χ3n) is 4.35. The Morgan fingerprint density at radius 1 is 1.11 bits per heavy atom. The summed E-state index contributed by atoms with van der Waals surface area (Å²) >= 11 is 0. The second-order valence-corrected chi connectivity index (χ2v) is 8.15. The van der Waals surface area contributed by atoms with E-state index in [-0.39, 0.29) is 12.0 Å². The molecule has 27 heavy (non-hydrogen) atoms. The van der Waals surface area contributed by atoms with E-state index in [2.05, 4.69) is 0 Å². The predicted molar refractivity (Wildman–Crippen MR) is 101 cm³/mol. The molecule has 0 aliphatic carbocycles. The molecule has 0 amide bonds. The highest BCUT2D eigenvalue weighted by Crippen LogP contribution is 2.35. The van der Waals surface area contributed by atoms with Crippen LogP contribution >= 0.6 is 0 Å². The van der Waals surface area contributed by atoms with Crippen molar-refractivity contribution in [2.45, 2.75) is 18.6 Å². The summed E-state index contributed by atoms with van der Waals surface area (Å²) in [6.07, 6.45) is -0.286. The Balaban J connectivity index is 2.34. The fourth-order valence-electron chi connectivity index (χ4n) is 3.20. The molecule has 0 fully saturated rings. The Labute approximate surface area is 156 Å². The van der Waals surface area contributed by atoms with Crippen molar-refractivity contribution in [1.82, 2.24) is 0 Å². The van der Waals surface area contributed by atoms with Crippen molar-refractivity contribution in [2.75, 3.05) is 0 Å². The van der Waals surface area contributed by atoms with Crippen LogP contribution in [0.4, 0.5) is 4.39 Å². The van der Waals surface area contributed by atoms with Crippen LogP contribution in [0.25, 0.3) is 10.8 Å². The number of carboxylic acids is 1. The number of primary sulfonamides is 1. The molecule has 0 spiro atoms. The van der Waals surface area contributed by atoms with E-state index in [1.165, 1.54) is 24.3 Å². The molecule has 7 heteroatoms. The summed E-state index contributed by atoms with van der Waals surface area (Å²) in [6.45, 7) is 1.87. The van der Waals surface area contributed by atoms with Gasteiger partial charge in [-0.15, -0.1) is 0 Å². The molecule has 0 heterocycles. The van der Waals surface area contributed by atoms with Crippen LogP contribution in [0.5, 0.6) is 0 Å². The second kappa shape index (κ2) is 7.09. The third kappa shape index (κ3) is 4.15. The highest BCUT2D eigenvalue weighted by Gasteiger charge is 2.28. The maximum atomic E-state index is 13.9. The molecule has 0 aliphatic heterocycles. The van der Waals surface area contributed by atoms with Crippen molar-refractivity contribution in [3.63, 3.8) is 0 Å². The van der Waals surface area contributed by atoms with Crippen LogP contribution in [0.1, 0.15) is 27.5 Å². The normalized spacial score (nSPS) is 12.9. The molecule has 1 unspecified atom stereocenters. The lowest BCUT2D eigenvalue weighted by Crippen LogP contribution is -2.23. The largest absolute Gasteiger partial charge is 0.481 e. The number of carboxylic acid groups (broad SMARTS) is 1. The van der Waals surface area contributed by atoms with Gasteiger partial charge in [0.1, 0.15) is 11.1 Å². The van der Waals surface area contributed by atoms with Gasteiger partial charge in [0.05, 0.1) is 6.42 Å². The average Bonchev–Trinajstić information content (AvgIpc) is 2.55. The van der Waals surface area contributed by atoms with Gasteiger partial charge in [0, 0.05) is 0 Å². The van der Waals surface area contributed by atoms with Crippen LogP contribution < -0.4 is 5.14 Å². The van der Waals surface area contributed by atoms with Gasteiger partial charge in [-0.2, -0.15) is 0 Å². The monoisotopic (exact) mass is 387 g/mol. The lowest BCUT2D eigenvalue weighted by Gasteiger charge is -2.19. The predicted octanol–water partition coefficient (Wildman–Crippen LogP) is 3.29. The van der Waals surface area contributed by atoms with Gasteiger partial charge in [0.2, 0.25) is 10.0 Å². The zero-order valence-electron chi connectivity index (χ0n) is 14.5. The topological polar surface area (TPSA) is 97.5 Å². The van der Waals surface area contributed by atoms with Gasteiger partial charge in [0.15, 0.2) is 0 Å². The van der Waals surface area contributed by atoms with E-state index < -0.39 is 27.1 Å². The summed E-state index contributed by atoms with van der Waals surface area (Å²) in [7, 11) is -4.10. The second-order valence-electron chi connectivity index (χ2n) is 6.50. The minimum atomic E-state index is -4.10. The van der Waals surface area contributed by atoms with E-state index in [1.807, 2.05) is 6.92 Å². The fraction of sp³-hybridized carbons (Fsp3) is 0.150. The summed E-state index contributed by atoms with van der Waals surface area (Å²) in [5.74, 6) is -1.57. The molecule has 140 valence electrons. The van der Waals surface area contributed by atoms with E-state index in [9.17, 15) is 17.6 Å². The first-order chi connectivity index (χ1) is 12.6. The van der Waals surface area contributed by atoms with Crippen molar-refractivity contribution in [3.8, 4) is 0 Å². The number of hydrogen-bond donors (Lipinski definition) is 2. The summed E-state index contributed by atoms with van der Waals surface area (Å²) in [6, 6.07) is 13.9. The first-order valence-corrected chi connectivity index (χ1v) is 9.78. The minimum absolute atomic E-state index is 0.259. The molecule has 0 saturated carbocycles. The number of halogens is 1. The lowest BCUT2D eigenvalue weighted by atomic mass is 9.94. The van der Waals surface area contributed by atoms with Gasteiger partial charge in [-0.25, -0.2) is 17.9 Å². The Morgan fingerprint density at radius 2 is 1.78 bits per heavy atom.